The third-order valence-corrected chi connectivity index (χ3v) is 3.02. The third kappa shape index (κ3) is 3.11. The third-order valence-electron chi connectivity index (χ3n) is 3.02. The van der Waals surface area contributed by atoms with E-state index in [0.717, 1.165) is 13.0 Å². The highest BCUT2D eigenvalue weighted by Crippen LogP contribution is 2.22. The Labute approximate surface area is 89.4 Å². The number of hydrogen-bond acceptors (Lipinski definition) is 2. The number of carboxylic acid groups (broad SMARTS) is 1. The molecule has 0 radical (unpaired) electrons. The first-order valence-corrected chi connectivity index (χ1v) is 5.28. The number of carbonyl (C=O) groups is 2. The van der Waals surface area contributed by atoms with E-state index in [1.54, 1.807) is 4.90 Å². The molecule has 0 saturated carbocycles. The molecule has 0 bridgehead atoms. The highest BCUT2D eigenvalue weighted by molar-refractivity contribution is 5.75. The van der Waals surface area contributed by atoms with E-state index in [0.29, 0.717) is 5.92 Å². The van der Waals surface area contributed by atoms with E-state index in [1.165, 1.54) is 0 Å². The molecular formula is C10H18N2O3. The minimum Gasteiger partial charge on any atom is -0.481 e. The van der Waals surface area contributed by atoms with Gasteiger partial charge in [-0.15, -0.1) is 0 Å². The lowest BCUT2D eigenvalue weighted by atomic mass is 10.1. The second kappa shape index (κ2) is 5.00. The van der Waals surface area contributed by atoms with Crippen LogP contribution >= 0.6 is 0 Å². The maximum absolute atomic E-state index is 11.6. The molecule has 0 aliphatic carbocycles. The van der Waals surface area contributed by atoms with E-state index in [4.69, 9.17) is 5.11 Å². The van der Waals surface area contributed by atoms with Gasteiger partial charge in [-0.3, -0.25) is 4.79 Å². The zero-order valence-electron chi connectivity index (χ0n) is 9.19. The standard InChI is InChI=1S/C10H18N2O3/c1-7-4-6-12(8(7)2)10(15)11-5-3-9(13)14/h7-8H,3-6H2,1-2H3,(H,11,15)(H,13,14). The molecule has 0 aromatic heterocycles. The minimum atomic E-state index is -0.891. The summed E-state index contributed by atoms with van der Waals surface area (Å²) in [6, 6.07) is 0.0999. The molecule has 2 amide bonds. The molecule has 5 nitrogen and oxygen atoms in total. The van der Waals surface area contributed by atoms with Crippen LogP contribution in [0.5, 0.6) is 0 Å². The minimum absolute atomic E-state index is 0.0243. The second-order valence-corrected chi connectivity index (χ2v) is 4.08. The Morgan fingerprint density at radius 3 is 2.60 bits per heavy atom. The topological polar surface area (TPSA) is 69.6 Å². The summed E-state index contributed by atoms with van der Waals surface area (Å²) in [5, 5.41) is 11.0. The Hall–Kier alpha value is -1.26. The Morgan fingerprint density at radius 1 is 1.47 bits per heavy atom. The summed E-state index contributed by atoms with van der Waals surface area (Å²) in [7, 11) is 0. The molecule has 1 aliphatic rings. The first-order valence-electron chi connectivity index (χ1n) is 5.28. The van der Waals surface area contributed by atoms with Gasteiger partial charge in [-0.2, -0.15) is 0 Å². The van der Waals surface area contributed by atoms with Gasteiger partial charge >= 0.3 is 12.0 Å². The molecule has 15 heavy (non-hydrogen) atoms. The monoisotopic (exact) mass is 214 g/mol. The molecule has 1 aliphatic heterocycles. The number of nitrogens with one attached hydrogen (secondary N) is 1. The predicted molar refractivity (Wildman–Crippen MR) is 55.6 cm³/mol. The maximum Gasteiger partial charge on any atom is 0.317 e. The highest BCUT2D eigenvalue weighted by atomic mass is 16.4. The van der Waals surface area contributed by atoms with Crippen molar-refractivity contribution >= 4 is 12.0 Å². The van der Waals surface area contributed by atoms with Crippen LogP contribution in [0.3, 0.4) is 0 Å². The number of carbonyl (C=O) groups excluding carboxylic acids is 1. The maximum atomic E-state index is 11.6. The van der Waals surface area contributed by atoms with E-state index < -0.39 is 5.97 Å². The van der Waals surface area contributed by atoms with Crippen LogP contribution < -0.4 is 5.32 Å². The van der Waals surface area contributed by atoms with Gasteiger partial charge in [-0.25, -0.2) is 4.79 Å². The van der Waals surface area contributed by atoms with Crippen LogP contribution in [0.1, 0.15) is 26.7 Å². The molecule has 2 unspecified atom stereocenters. The number of aliphatic carboxylic acids is 1. The zero-order chi connectivity index (χ0) is 11.4. The van der Waals surface area contributed by atoms with Crippen molar-refractivity contribution in [3.8, 4) is 0 Å². The Kier molecular flexibility index (Phi) is 3.94. The SMILES string of the molecule is CC1CCN(C(=O)NCCC(=O)O)C1C. The molecule has 0 aromatic carbocycles. The first kappa shape index (κ1) is 11.8. The van der Waals surface area contributed by atoms with Gasteiger partial charge in [0.15, 0.2) is 0 Å². The number of nitrogens with zero attached hydrogens (tertiary/aromatic N) is 1. The van der Waals surface area contributed by atoms with E-state index >= 15 is 0 Å². The molecule has 1 rings (SSSR count). The van der Waals surface area contributed by atoms with Crippen LogP contribution in [0.2, 0.25) is 0 Å². The van der Waals surface area contributed by atoms with E-state index in [-0.39, 0.29) is 25.0 Å². The van der Waals surface area contributed by atoms with Crippen LogP contribution in [0.15, 0.2) is 0 Å². The zero-order valence-corrected chi connectivity index (χ0v) is 9.19. The molecule has 1 fully saturated rings. The fraction of sp³-hybridized carbons (Fsp3) is 0.800. The van der Waals surface area contributed by atoms with Gasteiger partial charge in [0, 0.05) is 19.1 Å². The lowest BCUT2D eigenvalue weighted by Gasteiger charge is -2.23. The summed E-state index contributed by atoms with van der Waals surface area (Å²) in [5.74, 6) is -0.367. The smallest absolute Gasteiger partial charge is 0.317 e. The molecule has 86 valence electrons. The van der Waals surface area contributed by atoms with Gasteiger partial charge in [0.25, 0.3) is 0 Å². The second-order valence-electron chi connectivity index (χ2n) is 4.08. The van der Waals surface area contributed by atoms with E-state index in [9.17, 15) is 9.59 Å². The summed E-state index contributed by atoms with van der Waals surface area (Å²) in [6.45, 7) is 5.11. The largest absolute Gasteiger partial charge is 0.481 e. The van der Waals surface area contributed by atoms with E-state index in [1.807, 2.05) is 6.92 Å². The van der Waals surface area contributed by atoms with Gasteiger partial charge in [-0.1, -0.05) is 6.92 Å². The Balaban J connectivity index is 2.31. The van der Waals surface area contributed by atoms with Crippen molar-refractivity contribution in [1.29, 1.82) is 0 Å². The molecule has 5 heteroatoms. The number of carboxylic acids is 1. The number of hydrogen-bond donors (Lipinski definition) is 2. The number of amides is 2. The summed E-state index contributed by atoms with van der Waals surface area (Å²) < 4.78 is 0. The van der Waals surface area contributed by atoms with Crippen LogP contribution in [-0.2, 0) is 4.79 Å². The average Bonchev–Trinajstić information content (AvgIpc) is 2.47. The van der Waals surface area contributed by atoms with Gasteiger partial charge < -0.3 is 15.3 Å². The highest BCUT2D eigenvalue weighted by Gasteiger charge is 2.30. The van der Waals surface area contributed by atoms with Crippen molar-refractivity contribution in [2.45, 2.75) is 32.7 Å². The summed E-state index contributed by atoms with van der Waals surface area (Å²) in [5.41, 5.74) is 0. The Bertz CT molecular complexity index is 255. The summed E-state index contributed by atoms with van der Waals surface area (Å²) in [4.78, 5) is 23.6. The molecule has 0 aromatic rings. The van der Waals surface area contributed by atoms with Crippen molar-refractivity contribution in [3.05, 3.63) is 0 Å². The summed E-state index contributed by atoms with van der Waals surface area (Å²) >= 11 is 0. The fourth-order valence-corrected chi connectivity index (χ4v) is 1.76. The molecule has 0 spiro atoms. The molecular weight excluding hydrogens is 196 g/mol. The fourth-order valence-electron chi connectivity index (χ4n) is 1.76. The molecule has 1 saturated heterocycles. The van der Waals surface area contributed by atoms with Crippen molar-refractivity contribution in [2.24, 2.45) is 5.92 Å². The van der Waals surface area contributed by atoms with Crippen LogP contribution in [0.4, 0.5) is 4.79 Å². The van der Waals surface area contributed by atoms with Gasteiger partial charge in [-0.05, 0) is 19.3 Å². The lowest BCUT2D eigenvalue weighted by Crippen LogP contribution is -2.43. The average molecular weight is 214 g/mol. The normalized spacial score (nSPS) is 25.3. The summed E-state index contributed by atoms with van der Waals surface area (Å²) in [6.07, 6.45) is 0.997. The predicted octanol–water partition coefficient (Wildman–Crippen LogP) is 0.901. The van der Waals surface area contributed by atoms with Crippen LogP contribution in [-0.4, -0.2) is 41.1 Å². The first-order chi connectivity index (χ1) is 7.02. The van der Waals surface area contributed by atoms with Crippen molar-refractivity contribution in [2.75, 3.05) is 13.1 Å². The van der Waals surface area contributed by atoms with Gasteiger partial charge in [0.05, 0.1) is 6.42 Å². The number of rotatable bonds is 3. The molecule has 1 heterocycles. The Morgan fingerprint density at radius 2 is 2.13 bits per heavy atom. The number of urea groups is 1. The van der Waals surface area contributed by atoms with Crippen molar-refractivity contribution in [3.63, 3.8) is 0 Å². The number of likely N-dealkylation sites (tertiary alicyclic amines) is 1. The van der Waals surface area contributed by atoms with Crippen LogP contribution in [0.25, 0.3) is 0 Å². The molecule has 2 N–H and O–H groups in total. The quantitative estimate of drug-likeness (QED) is 0.733. The van der Waals surface area contributed by atoms with Crippen molar-refractivity contribution < 1.29 is 14.7 Å². The van der Waals surface area contributed by atoms with Crippen molar-refractivity contribution in [1.82, 2.24) is 10.2 Å². The van der Waals surface area contributed by atoms with Crippen LogP contribution in [0, 0.1) is 5.92 Å². The molecule has 2 atom stereocenters. The van der Waals surface area contributed by atoms with E-state index in [2.05, 4.69) is 12.2 Å². The lowest BCUT2D eigenvalue weighted by molar-refractivity contribution is -0.136. The van der Waals surface area contributed by atoms with Gasteiger partial charge in [0.1, 0.15) is 0 Å². The van der Waals surface area contributed by atoms with Gasteiger partial charge in [0.2, 0.25) is 0 Å².